The van der Waals surface area contributed by atoms with Gasteiger partial charge >= 0.3 is 5.97 Å². The molecule has 47 heavy (non-hydrogen) atoms. The number of hydrogen-bond donors (Lipinski definition) is 1. The molecule has 1 atom stereocenters. The van der Waals surface area contributed by atoms with Crippen LogP contribution in [-0.4, -0.2) is 62.2 Å². The van der Waals surface area contributed by atoms with Gasteiger partial charge in [0.05, 0.1) is 17.9 Å². The molecule has 4 aliphatic rings. The summed E-state index contributed by atoms with van der Waals surface area (Å²) >= 11 is 1.42. The number of rotatable bonds is 6. The minimum atomic E-state index is -0.314. The fourth-order valence-corrected chi connectivity index (χ4v) is 8.37. The van der Waals surface area contributed by atoms with Gasteiger partial charge in [-0.05, 0) is 80.9 Å². The SMILES string of the molecule is CCOC(=O)c1cc2c(s1)-c1ccccc1N(C(=O)C1=CC=C(NC(=O)c3cc(C)cnc3N3CC4(CCOCC4)C3)CC1C)CC2. The summed E-state index contributed by atoms with van der Waals surface area (Å²) in [5, 5.41) is 3.13. The van der Waals surface area contributed by atoms with E-state index >= 15 is 0 Å². The summed E-state index contributed by atoms with van der Waals surface area (Å²) in [5.74, 6) is 0.0916. The summed E-state index contributed by atoms with van der Waals surface area (Å²) in [5.41, 5.74) is 6.07. The molecule has 2 aromatic heterocycles. The van der Waals surface area contributed by atoms with E-state index in [-0.39, 0.29) is 29.1 Å². The van der Waals surface area contributed by atoms with Crippen LogP contribution >= 0.6 is 11.3 Å². The number of allylic oxidation sites excluding steroid dienone is 3. The van der Waals surface area contributed by atoms with Gasteiger partial charge in [-0.1, -0.05) is 31.2 Å². The summed E-state index contributed by atoms with van der Waals surface area (Å²) in [6.07, 6.45) is 8.80. The number of aromatic nitrogens is 1. The zero-order chi connectivity index (χ0) is 32.7. The molecule has 0 bridgehead atoms. The van der Waals surface area contributed by atoms with Gasteiger partial charge in [0.25, 0.3) is 11.8 Å². The van der Waals surface area contributed by atoms with Gasteiger partial charge in [-0.3, -0.25) is 9.59 Å². The van der Waals surface area contributed by atoms with Crippen LogP contribution in [0.15, 0.2) is 66.0 Å². The van der Waals surface area contributed by atoms with Crippen LogP contribution in [0.25, 0.3) is 10.4 Å². The molecule has 1 N–H and O–H groups in total. The summed E-state index contributed by atoms with van der Waals surface area (Å²) < 4.78 is 10.8. The first-order valence-electron chi connectivity index (χ1n) is 16.5. The van der Waals surface area contributed by atoms with Crippen molar-refractivity contribution in [2.24, 2.45) is 11.3 Å². The Morgan fingerprint density at radius 1 is 1.13 bits per heavy atom. The van der Waals surface area contributed by atoms with Crippen molar-refractivity contribution in [1.82, 2.24) is 10.3 Å². The number of para-hydroxylation sites is 1. The Bertz CT molecular complexity index is 1800. The van der Waals surface area contributed by atoms with Crippen molar-refractivity contribution in [3.05, 3.63) is 87.6 Å². The molecule has 0 radical (unpaired) electrons. The molecule has 7 rings (SSSR count). The standard InChI is InChI=1S/C37H40N4O5S/c1-4-46-36(44)31-19-25-11-14-41(30-8-6-5-7-28(30)32(25)47-31)35(43)27-10-9-26(18-24(27)3)39-34(42)29-17-23(2)20-38-33(29)40-21-37(22-40)12-15-45-16-13-37/h5-10,17,19-20,24H,4,11-16,18,21-22H2,1-3H3,(H,39,42). The molecule has 3 aromatic rings. The van der Waals surface area contributed by atoms with Gasteiger partial charge in [0.15, 0.2) is 0 Å². The molecule has 244 valence electrons. The van der Waals surface area contributed by atoms with Crippen molar-refractivity contribution in [2.75, 3.05) is 49.3 Å². The highest BCUT2D eigenvalue weighted by atomic mass is 32.1. The van der Waals surface area contributed by atoms with Crippen LogP contribution in [0, 0.1) is 18.3 Å². The van der Waals surface area contributed by atoms with Crippen molar-refractivity contribution in [1.29, 1.82) is 0 Å². The number of carbonyl (C=O) groups excluding carboxylic acids is 3. The molecule has 2 saturated heterocycles. The third kappa shape index (κ3) is 6.00. The number of nitrogens with one attached hydrogen (secondary N) is 1. The average Bonchev–Trinajstić information content (AvgIpc) is 3.42. The van der Waals surface area contributed by atoms with E-state index in [0.717, 1.165) is 77.9 Å². The summed E-state index contributed by atoms with van der Waals surface area (Å²) in [6.45, 7) is 9.97. The number of pyridine rings is 1. The van der Waals surface area contributed by atoms with Crippen LogP contribution in [0.3, 0.4) is 0 Å². The smallest absolute Gasteiger partial charge is 0.348 e. The number of amides is 2. The zero-order valence-electron chi connectivity index (χ0n) is 27.1. The maximum atomic E-state index is 14.1. The predicted molar refractivity (Wildman–Crippen MR) is 183 cm³/mol. The molecule has 1 aromatic carbocycles. The van der Waals surface area contributed by atoms with Gasteiger partial charge in [0.1, 0.15) is 10.7 Å². The molecule has 2 fully saturated rings. The lowest BCUT2D eigenvalue weighted by atomic mass is 9.73. The first-order chi connectivity index (χ1) is 22.7. The topological polar surface area (TPSA) is 101 Å². The molecule has 5 heterocycles. The average molecular weight is 653 g/mol. The second-order valence-electron chi connectivity index (χ2n) is 13.1. The quantitative estimate of drug-likeness (QED) is 0.322. The first kappa shape index (κ1) is 31.3. The van der Waals surface area contributed by atoms with Crippen LogP contribution in [0.5, 0.6) is 0 Å². The van der Waals surface area contributed by atoms with Crippen LogP contribution in [0.4, 0.5) is 11.5 Å². The van der Waals surface area contributed by atoms with Gasteiger partial charge in [-0.25, -0.2) is 9.78 Å². The van der Waals surface area contributed by atoms with E-state index in [1.165, 1.54) is 11.3 Å². The van der Waals surface area contributed by atoms with E-state index in [4.69, 9.17) is 9.47 Å². The highest BCUT2D eigenvalue weighted by molar-refractivity contribution is 7.17. The van der Waals surface area contributed by atoms with E-state index in [1.54, 1.807) is 6.92 Å². The summed E-state index contributed by atoms with van der Waals surface area (Å²) in [6, 6.07) is 11.7. The predicted octanol–water partition coefficient (Wildman–Crippen LogP) is 6.08. The monoisotopic (exact) mass is 652 g/mol. The Labute approximate surface area is 279 Å². The highest BCUT2D eigenvalue weighted by Gasteiger charge is 2.45. The Hall–Kier alpha value is -4.28. The van der Waals surface area contributed by atoms with Gasteiger partial charge in [0, 0.05) is 66.2 Å². The van der Waals surface area contributed by atoms with Gasteiger partial charge in [-0.15, -0.1) is 11.3 Å². The molecule has 1 unspecified atom stereocenters. The van der Waals surface area contributed by atoms with Gasteiger partial charge in [0.2, 0.25) is 0 Å². The van der Waals surface area contributed by atoms with Crippen molar-refractivity contribution in [2.45, 2.75) is 46.5 Å². The number of anilines is 2. The molecule has 0 saturated carbocycles. The number of esters is 1. The van der Waals surface area contributed by atoms with Gasteiger partial charge in [-0.2, -0.15) is 0 Å². The third-order valence-electron chi connectivity index (χ3n) is 9.77. The van der Waals surface area contributed by atoms with Crippen LogP contribution < -0.4 is 15.1 Å². The molecule has 3 aliphatic heterocycles. The van der Waals surface area contributed by atoms with E-state index in [2.05, 4.69) is 15.2 Å². The number of nitrogens with zero attached hydrogens (tertiary/aromatic N) is 3. The number of thiophene rings is 1. The molecule has 2 amide bonds. The number of aryl methyl sites for hydroxylation is 1. The van der Waals surface area contributed by atoms with Gasteiger partial charge < -0.3 is 24.6 Å². The van der Waals surface area contributed by atoms with E-state index in [0.29, 0.717) is 42.0 Å². The molecular weight excluding hydrogens is 612 g/mol. The first-order valence-corrected chi connectivity index (χ1v) is 17.3. The van der Waals surface area contributed by atoms with Crippen LogP contribution in [0.2, 0.25) is 0 Å². The Balaban J connectivity index is 1.08. The highest BCUT2D eigenvalue weighted by Crippen LogP contribution is 2.44. The van der Waals surface area contributed by atoms with Crippen molar-refractivity contribution in [3.8, 4) is 10.4 Å². The number of ether oxygens (including phenoxy) is 2. The number of hydrogen-bond acceptors (Lipinski definition) is 8. The number of fused-ring (bicyclic) bond motifs is 3. The Kier molecular flexibility index (Phi) is 8.48. The largest absolute Gasteiger partial charge is 0.462 e. The van der Waals surface area contributed by atoms with Crippen molar-refractivity contribution < 1.29 is 23.9 Å². The van der Waals surface area contributed by atoms with Crippen molar-refractivity contribution in [3.63, 3.8) is 0 Å². The fraction of sp³-hybridized carbons (Fsp3) is 0.405. The lowest BCUT2D eigenvalue weighted by molar-refractivity contribution is -0.115. The van der Waals surface area contributed by atoms with E-state index in [1.807, 2.05) is 73.5 Å². The third-order valence-corrected chi connectivity index (χ3v) is 11.0. The zero-order valence-corrected chi connectivity index (χ0v) is 28.0. The van der Waals surface area contributed by atoms with E-state index < -0.39 is 0 Å². The van der Waals surface area contributed by atoms with Crippen LogP contribution in [-0.2, 0) is 20.7 Å². The minimum Gasteiger partial charge on any atom is -0.462 e. The maximum absolute atomic E-state index is 14.1. The lowest BCUT2D eigenvalue weighted by Crippen LogP contribution is -2.59. The molecule has 9 nitrogen and oxygen atoms in total. The molecule has 1 spiro atoms. The van der Waals surface area contributed by atoms with Crippen LogP contribution in [0.1, 0.15) is 64.3 Å². The molecule has 10 heteroatoms. The minimum absolute atomic E-state index is 0.0441. The second kappa shape index (κ2) is 12.7. The maximum Gasteiger partial charge on any atom is 0.348 e. The molecular formula is C37H40N4O5S. The number of carbonyl (C=O) groups is 3. The lowest BCUT2D eigenvalue weighted by Gasteiger charge is -2.53. The second-order valence-corrected chi connectivity index (χ2v) is 14.2. The normalized spacial score (nSPS) is 19.9. The number of benzene rings is 1. The Morgan fingerprint density at radius 2 is 1.91 bits per heavy atom. The fourth-order valence-electron chi connectivity index (χ4n) is 7.23. The van der Waals surface area contributed by atoms with E-state index in [9.17, 15) is 14.4 Å². The summed E-state index contributed by atoms with van der Waals surface area (Å²) in [7, 11) is 0. The molecule has 1 aliphatic carbocycles. The van der Waals surface area contributed by atoms with Crippen molar-refractivity contribution >= 4 is 40.6 Å². The Morgan fingerprint density at radius 3 is 2.68 bits per heavy atom. The summed E-state index contributed by atoms with van der Waals surface area (Å²) in [4.78, 5) is 50.6.